The number of rotatable bonds is 4. The Balaban J connectivity index is 1.27. The van der Waals surface area contributed by atoms with Crippen molar-refractivity contribution in [2.45, 2.75) is 45.2 Å². The Hall–Kier alpha value is -2.30. The van der Waals surface area contributed by atoms with Crippen molar-refractivity contribution in [3.05, 3.63) is 33.3 Å². The molecule has 7 nitrogen and oxygen atoms in total. The zero-order chi connectivity index (χ0) is 22.6. The third kappa shape index (κ3) is 3.64. The van der Waals surface area contributed by atoms with Crippen molar-refractivity contribution in [3.8, 4) is 0 Å². The number of hydrogen-bond acceptors (Lipinski definition) is 8. The first-order chi connectivity index (χ1) is 15.3. The van der Waals surface area contributed by atoms with Gasteiger partial charge in [0.15, 0.2) is 0 Å². The van der Waals surface area contributed by atoms with Crippen LogP contribution < -0.4 is 21.7 Å². The van der Waals surface area contributed by atoms with E-state index < -0.39 is 12.1 Å². The van der Waals surface area contributed by atoms with Crippen LogP contribution in [0.3, 0.4) is 0 Å². The normalized spacial score (nSPS) is 25.3. The van der Waals surface area contributed by atoms with E-state index in [9.17, 15) is 9.18 Å². The molecule has 0 saturated carbocycles. The van der Waals surface area contributed by atoms with Crippen molar-refractivity contribution in [3.63, 3.8) is 0 Å². The molecule has 3 aromatic rings. The molecule has 0 spiro atoms. The third-order valence-electron chi connectivity index (χ3n) is 6.68. The lowest BCUT2D eigenvalue weighted by Crippen LogP contribution is -2.39. The van der Waals surface area contributed by atoms with Crippen molar-refractivity contribution in [1.29, 1.82) is 0 Å². The van der Waals surface area contributed by atoms with Gasteiger partial charge in [0.05, 0.1) is 22.1 Å². The summed E-state index contributed by atoms with van der Waals surface area (Å²) in [5, 5.41) is 4.10. The van der Waals surface area contributed by atoms with E-state index in [1.54, 1.807) is 0 Å². The average Bonchev–Trinajstić information content (AvgIpc) is 3.39. The van der Waals surface area contributed by atoms with E-state index in [0.29, 0.717) is 23.7 Å². The fourth-order valence-electron chi connectivity index (χ4n) is 4.61. The van der Waals surface area contributed by atoms with Gasteiger partial charge in [-0.25, -0.2) is 9.97 Å². The zero-order valence-corrected chi connectivity index (χ0v) is 19.8. The standard InChI is InChI=1S/C22H27FN6OS2/c1-11-26-21-19(31-11)17(25)18(32-21)20(30)27-13-4-5-14-12(7-13)3-6-16(28-14)29-8-15(24)22(2,9-23)10-29/h3,6,13,15H,4-5,7-10,24-25H2,1-2H3,(H,27,30). The van der Waals surface area contributed by atoms with Crippen molar-refractivity contribution in [2.24, 2.45) is 11.1 Å². The lowest BCUT2D eigenvalue weighted by molar-refractivity contribution is 0.0938. The molecule has 4 heterocycles. The molecule has 1 fully saturated rings. The lowest BCUT2D eigenvalue weighted by Gasteiger charge is -2.27. The Labute approximate surface area is 194 Å². The molecule has 0 bridgehead atoms. The molecule has 3 unspecified atom stereocenters. The summed E-state index contributed by atoms with van der Waals surface area (Å²) in [6.45, 7) is 4.58. The molecule has 32 heavy (non-hydrogen) atoms. The summed E-state index contributed by atoms with van der Waals surface area (Å²) in [7, 11) is 0. The van der Waals surface area contributed by atoms with E-state index in [1.165, 1.54) is 22.7 Å². The SMILES string of the molecule is Cc1nc2sc(C(=O)NC3CCc4nc(N5CC(N)C(C)(CF)C5)ccc4C3)c(N)c2s1. The van der Waals surface area contributed by atoms with Crippen LogP contribution >= 0.6 is 22.7 Å². The molecule has 5 rings (SSSR count). The fourth-order valence-corrected chi connectivity index (χ4v) is 6.70. The Morgan fingerprint density at radius 3 is 2.91 bits per heavy atom. The van der Waals surface area contributed by atoms with E-state index in [-0.39, 0.29) is 18.0 Å². The predicted octanol–water partition coefficient (Wildman–Crippen LogP) is 3.05. The summed E-state index contributed by atoms with van der Waals surface area (Å²) in [5.41, 5.74) is 14.6. The summed E-state index contributed by atoms with van der Waals surface area (Å²) in [4.78, 5) is 25.6. The number of pyridine rings is 1. The number of thiazole rings is 1. The second-order valence-electron chi connectivity index (χ2n) is 9.18. The van der Waals surface area contributed by atoms with Crippen LogP contribution in [0.2, 0.25) is 0 Å². The third-order valence-corrected chi connectivity index (χ3v) is 8.91. The van der Waals surface area contributed by atoms with Gasteiger partial charge in [0.25, 0.3) is 5.91 Å². The number of thiophene rings is 1. The molecule has 1 saturated heterocycles. The van der Waals surface area contributed by atoms with Crippen LogP contribution in [0.15, 0.2) is 12.1 Å². The van der Waals surface area contributed by atoms with Crippen LogP contribution in [0.25, 0.3) is 9.53 Å². The number of carbonyl (C=O) groups is 1. The number of carbonyl (C=O) groups excluding carboxylic acids is 1. The van der Waals surface area contributed by atoms with Crippen LogP contribution in [0.1, 0.15) is 39.3 Å². The highest BCUT2D eigenvalue weighted by Gasteiger charge is 2.41. The second kappa shape index (κ2) is 7.93. The van der Waals surface area contributed by atoms with Crippen molar-refractivity contribution >= 4 is 49.6 Å². The van der Waals surface area contributed by atoms with Gasteiger partial charge in [-0.15, -0.1) is 22.7 Å². The molecule has 1 aliphatic carbocycles. The van der Waals surface area contributed by atoms with Crippen LogP contribution in [0.5, 0.6) is 0 Å². The fraction of sp³-hybridized carbons (Fsp3) is 0.500. The Bertz CT molecular complexity index is 1190. The number of amides is 1. The molecular formula is C22H27FN6OS2. The molecule has 5 N–H and O–H groups in total. The van der Waals surface area contributed by atoms with Crippen molar-refractivity contribution in [2.75, 3.05) is 30.4 Å². The van der Waals surface area contributed by atoms with Gasteiger partial charge in [-0.2, -0.15) is 0 Å². The number of nitrogens with one attached hydrogen (secondary N) is 1. The van der Waals surface area contributed by atoms with Crippen LogP contribution in [0.4, 0.5) is 15.9 Å². The molecule has 10 heteroatoms. The Morgan fingerprint density at radius 2 is 2.19 bits per heavy atom. The number of nitrogens with zero attached hydrogens (tertiary/aromatic N) is 3. The molecule has 1 aliphatic heterocycles. The number of hydrogen-bond donors (Lipinski definition) is 3. The van der Waals surface area contributed by atoms with Crippen LogP contribution in [-0.2, 0) is 12.8 Å². The molecule has 1 amide bonds. The lowest BCUT2D eigenvalue weighted by atomic mass is 9.87. The van der Waals surface area contributed by atoms with Gasteiger partial charge in [0.2, 0.25) is 0 Å². The highest BCUT2D eigenvalue weighted by molar-refractivity contribution is 7.29. The minimum Gasteiger partial charge on any atom is -0.396 e. The van der Waals surface area contributed by atoms with Gasteiger partial charge in [-0.3, -0.25) is 9.18 Å². The van der Waals surface area contributed by atoms with Gasteiger partial charge in [0.1, 0.15) is 15.5 Å². The van der Waals surface area contributed by atoms with E-state index in [2.05, 4.69) is 21.3 Å². The van der Waals surface area contributed by atoms with E-state index in [1.807, 2.05) is 19.9 Å². The summed E-state index contributed by atoms with van der Waals surface area (Å²) in [6.07, 6.45) is 2.32. The van der Waals surface area contributed by atoms with E-state index in [0.717, 1.165) is 50.9 Å². The first-order valence-corrected chi connectivity index (χ1v) is 12.4. The summed E-state index contributed by atoms with van der Waals surface area (Å²) < 4.78 is 14.4. The summed E-state index contributed by atoms with van der Waals surface area (Å²) >= 11 is 2.87. The maximum Gasteiger partial charge on any atom is 0.263 e. The van der Waals surface area contributed by atoms with E-state index in [4.69, 9.17) is 16.5 Å². The Morgan fingerprint density at radius 1 is 1.38 bits per heavy atom. The number of halogens is 1. The molecule has 3 atom stereocenters. The smallest absolute Gasteiger partial charge is 0.263 e. The molecule has 0 aromatic carbocycles. The zero-order valence-electron chi connectivity index (χ0n) is 18.2. The van der Waals surface area contributed by atoms with Crippen molar-refractivity contribution < 1.29 is 9.18 Å². The molecule has 0 radical (unpaired) electrons. The number of aryl methyl sites for hydroxylation is 2. The van der Waals surface area contributed by atoms with Gasteiger partial charge >= 0.3 is 0 Å². The van der Waals surface area contributed by atoms with Gasteiger partial charge in [-0.05, 0) is 37.8 Å². The number of anilines is 2. The topological polar surface area (TPSA) is 110 Å². The summed E-state index contributed by atoms with van der Waals surface area (Å²) in [6, 6.07) is 3.89. The monoisotopic (exact) mass is 474 g/mol. The maximum atomic E-state index is 13.5. The number of nitrogens with two attached hydrogens (primary N) is 2. The maximum absolute atomic E-state index is 13.5. The summed E-state index contributed by atoms with van der Waals surface area (Å²) in [5.74, 6) is 0.720. The van der Waals surface area contributed by atoms with Gasteiger partial charge < -0.3 is 21.7 Å². The number of fused-ring (bicyclic) bond motifs is 2. The predicted molar refractivity (Wildman–Crippen MR) is 128 cm³/mol. The largest absolute Gasteiger partial charge is 0.396 e. The average molecular weight is 475 g/mol. The second-order valence-corrected chi connectivity index (χ2v) is 11.4. The van der Waals surface area contributed by atoms with Gasteiger partial charge in [-0.1, -0.05) is 13.0 Å². The molecule has 170 valence electrons. The first kappa shape index (κ1) is 21.5. The van der Waals surface area contributed by atoms with Crippen LogP contribution in [0, 0.1) is 12.3 Å². The molecular weight excluding hydrogens is 447 g/mol. The minimum absolute atomic E-state index is 0.0342. The van der Waals surface area contributed by atoms with Gasteiger partial charge in [0, 0.05) is 36.3 Å². The highest BCUT2D eigenvalue weighted by Crippen LogP contribution is 2.37. The first-order valence-electron chi connectivity index (χ1n) is 10.8. The number of aromatic nitrogens is 2. The number of alkyl halides is 1. The number of nitrogen functional groups attached to an aromatic ring is 1. The minimum atomic E-state index is -0.528. The quantitative estimate of drug-likeness (QED) is 0.536. The highest BCUT2D eigenvalue weighted by atomic mass is 32.1. The van der Waals surface area contributed by atoms with E-state index >= 15 is 0 Å². The van der Waals surface area contributed by atoms with Crippen molar-refractivity contribution in [1.82, 2.24) is 15.3 Å². The molecule has 2 aliphatic rings. The van der Waals surface area contributed by atoms with Crippen LogP contribution in [-0.4, -0.2) is 47.7 Å². The molecule has 3 aromatic heterocycles. The Kier molecular flexibility index (Phi) is 5.34.